The van der Waals surface area contributed by atoms with Crippen molar-refractivity contribution >= 4 is 5.82 Å². The van der Waals surface area contributed by atoms with E-state index in [4.69, 9.17) is 14.6 Å². The molecule has 0 radical (unpaired) electrons. The first-order valence-corrected chi connectivity index (χ1v) is 6.30. The SMILES string of the molecule is CNc1ncccc1COc1ccc(CO)cc1OC. The molecule has 0 aliphatic carbocycles. The van der Waals surface area contributed by atoms with Crippen LogP contribution in [0.1, 0.15) is 11.1 Å². The Hall–Kier alpha value is -2.27. The largest absolute Gasteiger partial charge is 0.493 e. The number of pyridine rings is 1. The van der Waals surface area contributed by atoms with Crippen LogP contribution in [-0.2, 0) is 13.2 Å². The fourth-order valence-electron chi connectivity index (χ4n) is 1.87. The van der Waals surface area contributed by atoms with E-state index in [1.807, 2.05) is 19.2 Å². The highest BCUT2D eigenvalue weighted by Gasteiger charge is 2.07. The first-order valence-electron chi connectivity index (χ1n) is 6.30. The maximum Gasteiger partial charge on any atom is 0.161 e. The van der Waals surface area contributed by atoms with Gasteiger partial charge in [0.25, 0.3) is 0 Å². The minimum Gasteiger partial charge on any atom is -0.493 e. The third-order valence-corrected chi connectivity index (χ3v) is 2.92. The number of methoxy groups -OCH3 is 1. The molecule has 2 aromatic rings. The van der Waals surface area contributed by atoms with Gasteiger partial charge in [-0.15, -0.1) is 0 Å². The molecule has 0 aliphatic heterocycles. The molecule has 1 aromatic carbocycles. The number of hydrogen-bond donors (Lipinski definition) is 2. The van der Waals surface area contributed by atoms with Crippen LogP contribution in [0.15, 0.2) is 36.5 Å². The highest BCUT2D eigenvalue weighted by atomic mass is 16.5. The van der Waals surface area contributed by atoms with Crippen LogP contribution in [0.25, 0.3) is 0 Å². The van der Waals surface area contributed by atoms with Gasteiger partial charge in [0.2, 0.25) is 0 Å². The second-order valence-electron chi connectivity index (χ2n) is 4.19. The van der Waals surface area contributed by atoms with Crippen molar-refractivity contribution in [1.82, 2.24) is 4.98 Å². The summed E-state index contributed by atoms with van der Waals surface area (Å²) in [5.74, 6) is 2.03. The van der Waals surface area contributed by atoms with Gasteiger partial charge in [-0.3, -0.25) is 0 Å². The molecule has 1 aromatic heterocycles. The van der Waals surface area contributed by atoms with E-state index in [0.717, 1.165) is 16.9 Å². The van der Waals surface area contributed by atoms with Crippen molar-refractivity contribution in [1.29, 1.82) is 0 Å². The summed E-state index contributed by atoms with van der Waals surface area (Å²) in [5, 5.41) is 12.1. The summed E-state index contributed by atoms with van der Waals surface area (Å²) in [5.41, 5.74) is 1.75. The van der Waals surface area contributed by atoms with Gasteiger partial charge in [0.05, 0.1) is 13.7 Å². The molecule has 0 unspecified atom stereocenters. The summed E-state index contributed by atoms with van der Waals surface area (Å²) in [6.07, 6.45) is 1.73. The van der Waals surface area contributed by atoms with Crippen molar-refractivity contribution in [2.24, 2.45) is 0 Å². The lowest BCUT2D eigenvalue weighted by molar-refractivity contribution is 0.274. The number of rotatable bonds is 6. The zero-order valence-electron chi connectivity index (χ0n) is 11.6. The number of nitrogens with zero attached hydrogens (tertiary/aromatic N) is 1. The maximum absolute atomic E-state index is 9.11. The number of aliphatic hydroxyl groups excluding tert-OH is 1. The van der Waals surface area contributed by atoms with E-state index in [1.165, 1.54) is 0 Å². The predicted molar refractivity (Wildman–Crippen MR) is 77.0 cm³/mol. The molecule has 0 aliphatic rings. The van der Waals surface area contributed by atoms with E-state index < -0.39 is 0 Å². The van der Waals surface area contributed by atoms with Crippen LogP contribution >= 0.6 is 0 Å². The third kappa shape index (κ3) is 3.19. The summed E-state index contributed by atoms with van der Waals surface area (Å²) in [6.45, 7) is 0.363. The van der Waals surface area contributed by atoms with Gasteiger partial charge in [-0.25, -0.2) is 4.98 Å². The summed E-state index contributed by atoms with van der Waals surface area (Å²) in [4.78, 5) is 4.22. The van der Waals surface area contributed by atoms with E-state index in [9.17, 15) is 0 Å². The Labute approximate surface area is 118 Å². The van der Waals surface area contributed by atoms with Crippen molar-refractivity contribution in [2.45, 2.75) is 13.2 Å². The van der Waals surface area contributed by atoms with Gasteiger partial charge in [0, 0.05) is 18.8 Å². The van der Waals surface area contributed by atoms with Crippen LogP contribution in [0.4, 0.5) is 5.82 Å². The Bertz CT molecular complexity index is 573. The van der Waals surface area contributed by atoms with Crippen molar-refractivity contribution in [3.05, 3.63) is 47.7 Å². The highest BCUT2D eigenvalue weighted by molar-refractivity contribution is 5.45. The monoisotopic (exact) mass is 274 g/mol. The van der Waals surface area contributed by atoms with Gasteiger partial charge in [-0.05, 0) is 23.8 Å². The molecule has 106 valence electrons. The summed E-state index contributed by atoms with van der Waals surface area (Å²) in [7, 11) is 3.40. The molecule has 1 heterocycles. The smallest absolute Gasteiger partial charge is 0.161 e. The van der Waals surface area contributed by atoms with Gasteiger partial charge in [-0.1, -0.05) is 12.1 Å². The first kappa shape index (κ1) is 14.1. The maximum atomic E-state index is 9.11. The average molecular weight is 274 g/mol. The lowest BCUT2D eigenvalue weighted by Gasteiger charge is -2.13. The van der Waals surface area contributed by atoms with E-state index in [-0.39, 0.29) is 6.61 Å². The summed E-state index contributed by atoms with van der Waals surface area (Å²) >= 11 is 0. The molecule has 0 atom stereocenters. The van der Waals surface area contributed by atoms with Gasteiger partial charge in [0.1, 0.15) is 12.4 Å². The van der Waals surface area contributed by atoms with Gasteiger partial charge < -0.3 is 19.9 Å². The molecular formula is C15H18N2O3. The van der Waals surface area contributed by atoms with Gasteiger partial charge in [0.15, 0.2) is 11.5 Å². The molecule has 0 amide bonds. The standard InChI is InChI=1S/C15H18N2O3/c1-16-15-12(4-3-7-17-15)10-20-13-6-5-11(9-18)8-14(13)19-2/h3-8,18H,9-10H2,1-2H3,(H,16,17). The number of hydrogen-bond acceptors (Lipinski definition) is 5. The quantitative estimate of drug-likeness (QED) is 0.845. The van der Waals surface area contributed by atoms with Crippen LogP contribution in [0, 0.1) is 0 Å². The number of anilines is 1. The van der Waals surface area contributed by atoms with Gasteiger partial charge in [-0.2, -0.15) is 0 Å². The van der Waals surface area contributed by atoms with E-state index in [1.54, 1.807) is 31.5 Å². The Morgan fingerprint density at radius 2 is 2.10 bits per heavy atom. The van der Waals surface area contributed by atoms with E-state index in [2.05, 4.69) is 10.3 Å². The number of aliphatic hydroxyl groups is 1. The Morgan fingerprint density at radius 1 is 1.25 bits per heavy atom. The number of nitrogens with one attached hydrogen (secondary N) is 1. The number of benzene rings is 1. The summed E-state index contributed by atoms with van der Waals surface area (Å²) in [6, 6.07) is 9.18. The van der Waals surface area contributed by atoms with Crippen LogP contribution in [0.3, 0.4) is 0 Å². The fraction of sp³-hybridized carbons (Fsp3) is 0.267. The van der Waals surface area contributed by atoms with Crippen molar-refractivity contribution in [2.75, 3.05) is 19.5 Å². The van der Waals surface area contributed by atoms with Crippen molar-refractivity contribution in [3.63, 3.8) is 0 Å². The zero-order valence-corrected chi connectivity index (χ0v) is 11.6. The second kappa shape index (κ2) is 6.77. The lowest BCUT2D eigenvalue weighted by atomic mass is 10.2. The van der Waals surface area contributed by atoms with Crippen molar-refractivity contribution in [3.8, 4) is 11.5 Å². The molecule has 0 saturated heterocycles. The number of aromatic nitrogens is 1. The van der Waals surface area contributed by atoms with Crippen LogP contribution in [-0.4, -0.2) is 24.2 Å². The molecule has 5 heteroatoms. The zero-order chi connectivity index (χ0) is 14.4. The molecule has 0 bridgehead atoms. The molecule has 0 spiro atoms. The Morgan fingerprint density at radius 3 is 2.80 bits per heavy atom. The Balaban J connectivity index is 2.14. The van der Waals surface area contributed by atoms with Gasteiger partial charge >= 0.3 is 0 Å². The van der Waals surface area contributed by atoms with Crippen LogP contribution in [0.5, 0.6) is 11.5 Å². The molecular weight excluding hydrogens is 256 g/mol. The van der Waals surface area contributed by atoms with Crippen molar-refractivity contribution < 1.29 is 14.6 Å². The number of ether oxygens (including phenoxy) is 2. The molecule has 0 fully saturated rings. The molecule has 5 nitrogen and oxygen atoms in total. The van der Waals surface area contributed by atoms with Crippen LogP contribution < -0.4 is 14.8 Å². The normalized spacial score (nSPS) is 10.2. The Kier molecular flexibility index (Phi) is 4.79. The predicted octanol–water partition coefficient (Wildman–Crippen LogP) is 2.20. The third-order valence-electron chi connectivity index (χ3n) is 2.92. The molecule has 0 saturated carbocycles. The molecule has 2 N–H and O–H groups in total. The average Bonchev–Trinajstić information content (AvgIpc) is 2.52. The first-order chi connectivity index (χ1) is 9.78. The van der Waals surface area contributed by atoms with E-state index >= 15 is 0 Å². The fourth-order valence-corrected chi connectivity index (χ4v) is 1.87. The summed E-state index contributed by atoms with van der Waals surface area (Å²) < 4.78 is 11.0. The highest BCUT2D eigenvalue weighted by Crippen LogP contribution is 2.29. The van der Waals surface area contributed by atoms with Crippen LogP contribution in [0.2, 0.25) is 0 Å². The minimum atomic E-state index is -0.0247. The topological polar surface area (TPSA) is 63.6 Å². The second-order valence-corrected chi connectivity index (χ2v) is 4.19. The van der Waals surface area contributed by atoms with E-state index in [0.29, 0.717) is 18.1 Å². The minimum absolute atomic E-state index is 0.0247. The molecule has 2 rings (SSSR count). The molecule has 20 heavy (non-hydrogen) atoms. The lowest BCUT2D eigenvalue weighted by Crippen LogP contribution is -2.03.